The van der Waals surface area contributed by atoms with Crippen LogP contribution in [-0.2, 0) is 12.7 Å². The van der Waals surface area contributed by atoms with Crippen molar-refractivity contribution in [2.24, 2.45) is 0 Å². The fourth-order valence-electron chi connectivity index (χ4n) is 1.87. The van der Waals surface area contributed by atoms with Crippen molar-refractivity contribution in [2.75, 3.05) is 0 Å². The number of nitrogens with one attached hydrogen (secondary N) is 1. The van der Waals surface area contributed by atoms with Gasteiger partial charge in [0.05, 0.1) is 17.7 Å². The zero-order chi connectivity index (χ0) is 14.2. The fourth-order valence-corrected chi connectivity index (χ4v) is 1.87. The molecule has 0 amide bonds. The Labute approximate surface area is 113 Å². The molecule has 3 rings (SSSR count). The summed E-state index contributed by atoms with van der Waals surface area (Å²) in [5, 5.41) is 10.6. The monoisotopic (exact) mass is 283 g/mol. The van der Waals surface area contributed by atoms with E-state index in [2.05, 4.69) is 15.5 Å². The quantitative estimate of drug-likeness (QED) is 0.937. The normalized spacial score (nSPS) is 15.6. The second-order valence-electron chi connectivity index (χ2n) is 4.70. The van der Waals surface area contributed by atoms with Crippen LogP contribution in [0.25, 0.3) is 11.5 Å². The highest BCUT2D eigenvalue weighted by molar-refractivity contribution is 5.59. The van der Waals surface area contributed by atoms with E-state index in [0.29, 0.717) is 18.5 Å². The van der Waals surface area contributed by atoms with Gasteiger partial charge in [0, 0.05) is 6.04 Å². The lowest BCUT2D eigenvalue weighted by atomic mass is 10.1. The number of rotatable bonds is 4. The Morgan fingerprint density at radius 3 is 2.65 bits per heavy atom. The van der Waals surface area contributed by atoms with Gasteiger partial charge >= 0.3 is 6.18 Å². The van der Waals surface area contributed by atoms with Crippen LogP contribution in [0.5, 0.6) is 0 Å². The van der Waals surface area contributed by atoms with Gasteiger partial charge < -0.3 is 9.73 Å². The molecule has 1 aromatic heterocycles. The van der Waals surface area contributed by atoms with E-state index in [-0.39, 0.29) is 11.5 Å². The summed E-state index contributed by atoms with van der Waals surface area (Å²) in [6.45, 7) is 0.381. The molecule has 7 heteroatoms. The summed E-state index contributed by atoms with van der Waals surface area (Å²) in [4.78, 5) is 0. The number of aromatic nitrogens is 2. The molecule has 4 nitrogen and oxygen atoms in total. The van der Waals surface area contributed by atoms with Crippen molar-refractivity contribution in [3.05, 3.63) is 35.7 Å². The summed E-state index contributed by atoms with van der Waals surface area (Å²) in [5.41, 5.74) is -0.865. The van der Waals surface area contributed by atoms with E-state index in [9.17, 15) is 13.2 Å². The Hall–Kier alpha value is -1.89. The van der Waals surface area contributed by atoms with E-state index in [1.54, 1.807) is 0 Å². The minimum atomic E-state index is -4.45. The number of hydrogen-bond donors (Lipinski definition) is 1. The Balaban J connectivity index is 1.85. The third-order valence-corrected chi connectivity index (χ3v) is 3.05. The summed E-state index contributed by atoms with van der Waals surface area (Å²) in [6, 6.07) is 5.64. The molecule has 1 aliphatic rings. The zero-order valence-electron chi connectivity index (χ0n) is 10.4. The first-order valence-corrected chi connectivity index (χ1v) is 6.26. The first-order valence-electron chi connectivity index (χ1n) is 6.26. The maximum absolute atomic E-state index is 12.9. The van der Waals surface area contributed by atoms with Gasteiger partial charge in [-0.15, -0.1) is 10.2 Å². The highest BCUT2D eigenvalue weighted by Gasteiger charge is 2.34. The summed E-state index contributed by atoms with van der Waals surface area (Å²) in [6.07, 6.45) is -2.23. The third kappa shape index (κ3) is 2.82. The fraction of sp³-hybridized carbons (Fsp3) is 0.385. The molecule has 2 aromatic rings. The summed E-state index contributed by atoms with van der Waals surface area (Å²) < 4.78 is 44.0. The largest absolute Gasteiger partial charge is 0.419 e. The zero-order valence-corrected chi connectivity index (χ0v) is 10.4. The van der Waals surface area contributed by atoms with Crippen LogP contribution in [0.2, 0.25) is 0 Å². The van der Waals surface area contributed by atoms with Crippen molar-refractivity contribution in [3.63, 3.8) is 0 Å². The van der Waals surface area contributed by atoms with Crippen molar-refractivity contribution in [1.29, 1.82) is 0 Å². The van der Waals surface area contributed by atoms with Crippen molar-refractivity contribution < 1.29 is 17.6 Å². The Morgan fingerprint density at radius 1 is 1.20 bits per heavy atom. The molecule has 0 bridgehead atoms. The van der Waals surface area contributed by atoms with Gasteiger partial charge in [0.15, 0.2) is 0 Å². The maximum Gasteiger partial charge on any atom is 0.417 e. The van der Waals surface area contributed by atoms with Crippen LogP contribution in [0, 0.1) is 0 Å². The highest BCUT2D eigenvalue weighted by atomic mass is 19.4. The number of hydrogen-bond acceptors (Lipinski definition) is 4. The Bertz CT molecular complexity index is 605. The van der Waals surface area contributed by atoms with E-state index in [0.717, 1.165) is 18.9 Å². The van der Waals surface area contributed by atoms with E-state index in [1.807, 2.05) is 0 Å². The molecule has 106 valence electrons. The molecule has 1 saturated carbocycles. The van der Waals surface area contributed by atoms with Crippen LogP contribution in [0.15, 0.2) is 28.7 Å². The van der Waals surface area contributed by atoms with Gasteiger partial charge in [-0.3, -0.25) is 0 Å². The standard InChI is InChI=1S/C13H12F3N3O/c14-13(15,16)10-4-2-1-3-9(10)12-19-18-11(20-12)7-17-8-5-6-8/h1-4,8,17H,5-7H2. The number of benzene rings is 1. The lowest BCUT2D eigenvalue weighted by Crippen LogP contribution is -2.15. The minimum absolute atomic E-state index is 0.0924. The first-order chi connectivity index (χ1) is 9.54. The number of nitrogens with zero attached hydrogens (tertiary/aromatic N) is 2. The van der Waals surface area contributed by atoms with Gasteiger partial charge in [0.2, 0.25) is 11.8 Å². The van der Waals surface area contributed by atoms with Crippen LogP contribution < -0.4 is 5.32 Å². The Kier molecular flexibility index (Phi) is 3.21. The summed E-state index contributed by atoms with van der Waals surface area (Å²) >= 11 is 0. The molecule has 0 aliphatic heterocycles. The highest BCUT2D eigenvalue weighted by Crippen LogP contribution is 2.36. The van der Waals surface area contributed by atoms with Crippen LogP contribution >= 0.6 is 0 Å². The SMILES string of the molecule is FC(F)(F)c1ccccc1-c1nnc(CNC2CC2)o1. The lowest BCUT2D eigenvalue weighted by Gasteiger charge is -2.09. The molecule has 0 radical (unpaired) electrons. The molecule has 1 fully saturated rings. The Morgan fingerprint density at radius 2 is 1.95 bits per heavy atom. The average Bonchev–Trinajstić information content (AvgIpc) is 3.12. The summed E-state index contributed by atoms with van der Waals surface area (Å²) in [5.74, 6) is 0.189. The molecule has 1 heterocycles. The minimum Gasteiger partial charge on any atom is -0.419 e. The van der Waals surface area contributed by atoms with Crippen LogP contribution in [-0.4, -0.2) is 16.2 Å². The van der Waals surface area contributed by atoms with Gasteiger partial charge in [0.1, 0.15) is 0 Å². The van der Waals surface area contributed by atoms with E-state index < -0.39 is 11.7 Å². The third-order valence-electron chi connectivity index (χ3n) is 3.05. The molecule has 0 spiro atoms. The second-order valence-corrected chi connectivity index (χ2v) is 4.70. The van der Waals surface area contributed by atoms with Gasteiger partial charge in [-0.25, -0.2) is 0 Å². The molecule has 1 N–H and O–H groups in total. The molecule has 0 atom stereocenters. The van der Waals surface area contributed by atoms with Gasteiger partial charge in [-0.1, -0.05) is 12.1 Å². The van der Waals surface area contributed by atoms with Crippen molar-refractivity contribution in [1.82, 2.24) is 15.5 Å². The smallest absolute Gasteiger partial charge is 0.417 e. The predicted octanol–water partition coefficient (Wildman–Crippen LogP) is 3.01. The van der Waals surface area contributed by atoms with Crippen molar-refractivity contribution in [3.8, 4) is 11.5 Å². The molecular formula is C13H12F3N3O. The van der Waals surface area contributed by atoms with Crippen LogP contribution in [0.1, 0.15) is 24.3 Å². The molecule has 1 aliphatic carbocycles. The van der Waals surface area contributed by atoms with Crippen LogP contribution in [0.4, 0.5) is 13.2 Å². The van der Waals surface area contributed by atoms with Gasteiger partial charge in [0.25, 0.3) is 0 Å². The van der Waals surface area contributed by atoms with Crippen LogP contribution in [0.3, 0.4) is 0 Å². The molecule has 0 unspecified atom stereocenters. The molecule has 1 aromatic carbocycles. The number of alkyl halides is 3. The lowest BCUT2D eigenvalue weighted by molar-refractivity contribution is -0.137. The first kappa shape index (κ1) is 13.1. The molecule has 0 saturated heterocycles. The number of halogens is 3. The van der Waals surface area contributed by atoms with E-state index in [4.69, 9.17) is 4.42 Å². The van der Waals surface area contributed by atoms with E-state index >= 15 is 0 Å². The van der Waals surface area contributed by atoms with Crippen molar-refractivity contribution >= 4 is 0 Å². The average molecular weight is 283 g/mol. The van der Waals surface area contributed by atoms with Gasteiger partial charge in [-0.2, -0.15) is 13.2 Å². The van der Waals surface area contributed by atoms with Gasteiger partial charge in [-0.05, 0) is 25.0 Å². The van der Waals surface area contributed by atoms with E-state index in [1.165, 1.54) is 18.2 Å². The summed E-state index contributed by atoms with van der Waals surface area (Å²) in [7, 11) is 0. The van der Waals surface area contributed by atoms with Crippen molar-refractivity contribution in [2.45, 2.75) is 31.6 Å². The second kappa shape index (κ2) is 4.90. The predicted molar refractivity (Wildman–Crippen MR) is 64.6 cm³/mol. The maximum atomic E-state index is 12.9. The molecular weight excluding hydrogens is 271 g/mol. The molecule has 20 heavy (non-hydrogen) atoms. The topological polar surface area (TPSA) is 51.0 Å².